The van der Waals surface area contributed by atoms with Gasteiger partial charge in [-0.25, -0.2) is 0 Å². The second kappa shape index (κ2) is 5.08. The molecule has 0 atom stereocenters. The lowest BCUT2D eigenvalue weighted by molar-refractivity contribution is 1.52. The van der Waals surface area contributed by atoms with Crippen LogP contribution in [0.4, 0.5) is 0 Å². The minimum atomic E-state index is -1.65. The molecule has 0 nitrogen and oxygen atoms in total. The number of terminal acetylenes is 3. The van der Waals surface area contributed by atoms with Gasteiger partial charge in [0.2, 0.25) is 0 Å². The highest BCUT2D eigenvalue weighted by atomic mass is 79.9. The fourth-order valence-electron chi connectivity index (χ4n) is 0.736. The second-order valence-corrected chi connectivity index (χ2v) is 10.7. The first-order chi connectivity index (χ1) is 5.18. The van der Waals surface area contributed by atoms with Gasteiger partial charge in [-0.15, -0.1) is 52.3 Å². The van der Waals surface area contributed by atoms with Crippen LogP contribution in [-0.2, 0) is 0 Å². The zero-order chi connectivity index (χ0) is 8.74. The van der Waals surface area contributed by atoms with Gasteiger partial charge in [-0.3, -0.25) is 0 Å². The third-order valence-corrected chi connectivity index (χ3v) is 6.29. The van der Waals surface area contributed by atoms with E-state index in [9.17, 15) is 0 Å². The molecule has 0 aliphatic rings. The van der Waals surface area contributed by atoms with E-state index in [1.165, 1.54) is 0 Å². The standard InChI is InChI=1S/C9H9BrSi/c1-4-7-11(10,8-5-2)9-6-3/h1-3H,7-9H2. The molecular formula is C9H9BrSi. The van der Waals surface area contributed by atoms with Crippen LogP contribution in [0, 0.1) is 37.0 Å². The van der Waals surface area contributed by atoms with E-state index < -0.39 is 6.69 Å². The summed E-state index contributed by atoms with van der Waals surface area (Å²) in [6.45, 7) is -1.65. The van der Waals surface area contributed by atoms with Crippen molar-refractivity contribution >= 4 is 22.0 Å². The normalized spacial score (nSPS) is 9.27. The largest absolute Gasteiger partial charge is 0.165 e. The first-order valence-electron chi connectivity index (χ1n) is 3.18. The van der Waals surface area contributed by atoms with Crippen molar-refractivity contribution in [1.82, 2.24) is 0 Å². The van der Waals surface area contributed by atoms with Crippen molar-refractivity contribution in [3.63, 3.8) is 0 Å². The van der Waals surface area contributed by atoms with E-state index in [0.29, 0.717) is 18.1 Å². The maximum Gasteiger partial charge on any atom is 0.165 e. The lowest BCUT2D eigenvalue weighted by atomic mass is 10.8. The molecule has 0 aliphatic carbocycles. The van der Waals surface area contributed by atoms with E-state index in [4.69, 9.17) is 19.3 Å². The Hall–Kier alpha value is -0.623. The van der Waals surface area contributed by atoms with Crippen LogP contribution in [0.15, 0.2) is 0 Å². The quantitative estimate of drug-likeness (QED) is 0.392. The second-order valence-electron chi connectivity index (χ2n) is 2.29. The predicted octanol–water partition coefficient (Wildman–Crippen LogP) is 2.23. The average molecular weight is 225 g/mol. The van der Waals surface area contributed by atoms with Gasteiger partial charge in [0.25, 0.3) is 0 Å². The smallest absolute Gasteiger partial charge is 0.123 e. The maximum absolute atomic E-state index is 5.19. The molecule has 0 aromatic rings. The molecular weight excluding hydrogens is 216 g/mol. The van der Waals surface area contributed by atoms with Crippen LogP contribution in [-0.4, -0.2) is 6.69 Å². The predicted molar refractivity (Wildman–Crippen MR) is 55.6 cm³/mol. The van der Waals surface area contributed by atoms with Crippen LogP contribution in [0.1, 0.15) is 0 Å². The van der Waals surface area contributed by atoms with Crippen molar-refractivity contribution in [2.45, 2.75) is 18.1 Å². The number of hydrogen-bond acceptors (Lipinski definition) is 0. The summed E-state index contributed by atoms with van der Waals surface area (Å²) in [6.07, 6.45) is 15.6. The van der Waals surface area contributed by atoms with Crippen molar-refractivity contribution in [3.8, 4) is 37.0 Å². The SMILES string of the molecule is C#CC[Si](Br)(CC#C)CC#C. The molecule has 0 rings (SSSR count). The van der Waals surface area contributed by atoms with Crippen LogP contribution in [0.3, 0.4) is 0 Å². The van der Waals surface area contributed by atoms with Crippen molar-refractivity contribution < 1.29 is 0 Å². The lowest BCUT2D eigenvalue weighted by Crippen LogP contribution is -2.23. The Labute approximate surface area is 77.4 Å². The Balaban J connectivity index is 4.20. The van der Waals surface area contributed by atoms with Crippen molar-refractivity contribution in [3.05, 3.63) is 0 Å². The summed E-state index contributed by atoms with van der Waals surface area (Å²) in [6, 6.07) is 2.13. The maximum atomic E-state index is 5.19. The monoisotopic (exact) mass is 224 g/mol. The summed E-state index contributed by atoms with van der Waals surface area (Å²) < 4.78 is 0. The molecule has 11 heavy (non-hydrogen) atoms. The zero-order valence-electron chi connectivity index (χ0n) is 6.23. The summed E-state index contributed by atoms with van der Waals surface area (Å²) in [5.74, 6) is 7.80. The van der Waals surface area contributed by atoms with Gasteiger partial charge in [0.05, 0.1) is 0 Å². The van der Waals surface area contributed by atoms with Crippen LogP contribution < -0.4 is 0 Å². The van der Waals surface area contributed by atoms with Crippen LogP contribution in [0.25, 0.3) is 0 Å². The van der Waals surface area contributed by atoms with E-state index >= 15 is 0 Å². The van der Waals surface area contributed by atoms with Gasteiger partial charge in [0.1, 0.15) is 0 Å². The number of hydrogen-bond donors (Lipinski definition) is 0. The summed E-state index contributed by atoms with van der Waals surface area (Å²) in [5.41, 5.74) is 0. The van der Waals surface area contributed by atoms with Gasteiger partial charge in [0, 0.05) is 18.1 Å². The van der Waals surface area contributed by atoms with E-state index in [1.54, 1.807) is 0 Å². The molecule has 0 aromatic carbocycles. The molecule has 0 N–H and O–H groups in total. The van der Waals surface area contributed by atoms with Gasteiger partial charge in [0.15, 0.2) is 6.69 Å². The molecule has 0 saturated heterocycles. The van der Waals surface area contributed by atoms with E-state index in [-0.39, 0.29) is 0 Å². The number of halogens is 1. The highest BCUT2D eigenvalue weighted by Crippen LogP contribution is 2.26. The van der Waals surface area contributed by atoms with Gasteiger partial charge >= 0.3 is 0 Å². The lowest BCUT2D eigenvalue weighted by Gasteiger charge is -2.15. The molecule has 0 radical (unpaired) electrons. The molecule has 0 aliphatic heterocycles. The highest BCUT2D eigenvalue weighted by molar-refractivity contribution is 9.26. The summed E-state index contributed by atoms with van der Waals surface area (Å²) in [5, 5.41) is 0. The Morgan fingerprint density at radius 1 is 0.909 bits per heavy atom. The fourth-order valence-corrected chi connectivity index (χ4v) is 3.67. The van der Waals surface area contributed by atoms with Gasteiger partial charge in [-0.2, -0.15) is 0 Å². The molecule has 0 fully saturated rings. The minimum Gasteiger partial charge on any atom is -0.123 e. The van der Waals surface area contributed by atoms with Crippen LogP contribution >= 0.6 is 15.3 Å². The van der Waals surface area contributed by atoms with Gasteiger partial charge in [-0.1, -0.05) is 0 Å². The molecule has 2 heteroatoms. The molecule has 0 aromatic heterocycles. The third kappa shape index (κ3) is 3.94. The van der Waals surface area contributed by atoms with Crippen molar-refractivity contribution in [2.24, 2.45) is 0 Å². The molecule has 0 heterocycles. The van der Waals surface area contributed by atoms with Crippen molar-refractivity contribution in [2.75, 3.05) is 0 Å². The molecule has 0 spiro atoms. The topological polar surface area (TPSA) is 0 Å². The summed E-state index contributed by atoms with van der Waals surface area (Å²) in [7, 11) is 0. The summed E-state index contributed by atoms with van der Waals surface area (Å²) in [4.78, 5) is 0. The highest BCUT2D eigenvalue weighted by Gasteiger charge is 2.26. The Morgan fingerprint density at radius 2 is 1.18 bits per heavy atom. The Bertz CT molecular complexity index is 195. The first kappa shape index (κ1) is 10.4. The summed E-state index contributed by atoms with van der Waals surface area (Å²) >= 11 is 3.58. The molecule has 0 unspecified atom stereocenters. The third-order valence-electron chi connectivity index (χ3n) is 1.26. The van der Waals surface area contributed by atoms with Gasteiger partial charge < -0.3 is 0 Å². The average Bonchev–Trinajstić information content (AvgIpc) is 1.88. The van der Waals surface area contributed by atoms with Crippen LogP contribution in [0.2, 0.25) is 18.1 Å². The first-order valence-corrected chi connectivity index (χ1v) is 8.05. The zero-order valence-corrected chi connectivity index (χ0v) is 8.82. The van der Waals surface area contributed by atoms with E-state index in [1.807, 2.05) is 0 Å². The minimum absolute atomic E-state index is 0.710. The fraction of sp³-hybridized carbons (Fsp3) is 0.333. The molecule has 0 bridgehead atoms. The molecule has 0 amide bonds. The van der Waals surface area contributed by atoms with E-state index in [2.05, 4.69) is 33.1 Å². The Morgan fingerprint density at radius 3 is 1.36 bits per heavy atom. The Kier molecular flexibility index (Phi) is 4.80. The molecule has 0 saturated carbocycles. The van der Waals surface area contributed by atoms with E-state index in [0.717, 1.165) is 0 Å². The van der Waals surface area contributed by atoms with Crippen LogP contribution in [0.5, 0.6) is 0 Å². The van der Waals surface area contributed by atoms with Gasteiger partial charge in [-0.05, 0) is 0 Å². The van der Waals surface area contributed by atoms with Crippen molar-refractivity contribution in [1.29, 1.82) is 0 Å². The molecule has 56 valence electrons. The number of rotatable bonds is 3.